The smallest absolute Gasteiger partial charge is 0.238 e. The van der Waals surface area contributed by atoms with E-state index in [1.165, 1.54) is 0 Å². The van der Waals surface area contributed by atoms with Gasteiger partial charge in [0, 0.05) is 12.2 Å². The molecule has 3 aromatic rings. The van der Waals surface area contributed by atoms with Crippen LogP contribution in [0.1, 0.15) is 17.0 Å². The minimum atomic E-state index is -3.45. The van der Waals surface area contributed by atoms with Crippen molar-refractivity contribution in [2.45, 2.75) is 25.2 Å². The summed E-state index contributed by atoms with van der Waals surface area (Å²) in [6.07, 6.45) is 0.628. The van der Waals surface area contributed by atoms with Crippen molar-refractivity contribution >= 4 is 10.0 Å². The van der Waals surface area contributed by atoms with E-state index in [4.69, 9.17) is 0 Å². The van der Waals surface area contributed by atoms with Crippen LogP contribution in [0.25, 0.3) is 5.69 Å². The fraction of sp³-hybridized carbons (Fsp3) is 0.211. The van der Waals surface area contributed by atoms with E-state index in [2.05, 4.69) is 9.82 Å². The van der Waals surface area contributed by atoms with Crippen LogP contribution in [0.2, 0.25) is 0 Å². The Morgan fingerprint density at radius 2 is 1.68 bits per heavy atom. The first-order valence-electron chi connectivity index (χ1n) is 8.13. The molecule has 130 valence electrons. The molecule has 3 rings (SSSR count). The van der Waals surface area contributed by atoms with Crippen LogP contribution in [0.3, 0.4) is 0 Å². The Balaban J connectivity index is 1.62. The van der Waals surface area contributed by atoms with Gasteiger partial charge in [-0.15, -0.1) is 0 Å². The van der Waals surface area contributed by atoms with Gasteiger partial charge in [-0.05, 0) is 56.2 Å². The number of hydrogen-bond acceptors (Lipinski definition) is 3. The molecular formula is C19H21N3O2S. The number of aromatic nitrogens is 2. The molecule has 0 radical (unpaired) electrons. The molecule has 2 aromatic carbocycles. The molecule has 0 amide bonds. The van der Waals surface area contributed by atoms with E-state index in [9.17, 15) is 8.42 Å². The minimum Gasteiger partial charge on any atom is -0.238 e. The maximum Gasteiger partial charge on any atom is 0.240 e. The highest BCUT2D eigenvalue weighted by Gasteiger charge is 2.12. The third-order valence-corrected chi connectivity index (χ3v) is 5.43. The molecule has 25 heavy (non-hydrogen) atoms. The Bertz CT molecular complexity index is 946. The maximum atomic E-state index is 12.2. The number of aryl methyl sites for hydroxylation is 2. The van der Waals surface area contributed by atoms with E-state index >= 15 is 0 Å². The quantitative estimate of drug-likeness (QED) is 0.739. The van der Waals surface area contributed by atoms with Crippen LogP contribution in [0.5, 0.6) is 0 Å². The second-order valence-corrected chi connectivity index (χ2v) is 7.73. The normalized spacial score (nSPS) is 11.6. The van der Waals surface area contributed by atoms with Gasteiger partial charge in [-0.1, -0.05) is 30.3 Å². The standard InChI is InChI=1S/C19H21N3O2S/c1-15-14-16(2)22(21-15)18-10-8-17(9-11-18)12-13-20-25(23,24)19-6-4-3-5-7-19/h3-11,14,20H,12-13H2,1-2H3. The highest BCUT2D eigenvalue weighted by molar-refractivity contribution is 7.89. The lowest BCUT2D eigenvalue weighted by Crippen LogP contribution is -2.25. The highest BCUT2D eigenvalue weighted by atomic mass is 32.2. The van der Waals surface area contributed by atoms with Crippen LogP contribution in [-0.4, -0.2) is 24.7 Å². The number of benzene rings is 2. The average Bonchev–Trinajstić information content (AvgIpc) is 2.94. The largest absolute Gasteiger partial charge is 0.240 e. The summed E-state index contributed by atoms with van der Waals surface area (Å²) in [6.45, 7) is 4.35. The van der Waals surface area contributed by atoms with Crippen LogP contribution in [-0.2, 0) is 16.4 Å². The SMILES string of the molecule is Cc1cc(C)n(-c2ccc(CCNS(=O)(=O)c3ccccc3)cc2)n1. The van der Waals surface area contributed by atoms with Crippen LogP contribution >= 0.6 is 0 Å². The molecule has 1 N–H and O–H groups in total. The third-order valence-electron chi connectivity index (χ3n) is 3.95. The molecule has 6 heteroatoms. The second-order valence-electron chi connectivity index (χ2n) is 5.97. The highest BCUT2D eigenvalue weighted by Crippen LogP contribution is 2.13. The molecule has 0 atom stereocenters. The van der Waals surface area contributed by atoms with E-state index in [1.807, 2.05) is 48.9 Å². The molecule has 0 saturated heterocycles. The maximum absolute atomic E-state index is 12.2. The van der Waals surface area contributed by atoms with Gasteiger partial charge in [0.25, 0.3) is 0 Å². The van der Waals surface area contributed by atoms with Gasteiger partial charge >= 0.3 is 0 Å². The average molecular weight is 355 g/mol. The molecule has 0 aliphatic carbocycles. The lowest BCUT2D eigenvalue weighted by Gasteiger charge is -2.08. The summed E-state index contributed by atoms with van der Waals surface area (Å²) in [5.74, 6) is 0. The first-order valence-corrected chi connectivity index (χ1v) is 9.61. The fourth-order valence-electron chi connectivity index (χ4n) is 2.71. The molecular weight excluding hydrogens is 334 g/mol. The molecule has 0 aliphatic rings. The summed E-state index contributed by atoms with van der Waals surface area (Å²) in [7, 11) is -3.45. The summed E-state index contributed by atoms with van der Waals surface area (Å²) >= 11 is 0. The van der Waals surface area contributed by atoms with E-state index in [-0.39, 0.29) is 4.90 Å². The van der Waals surface area contributed by atoms with Crippen molar-refractivity contribution in [1.82, 2.24) is 14.5 Å². The summed E-state index contributed by atoms with van der Waals surface area (Å²) in [5, 5.41) is 4.46. The molecule has 5 nitrogen and oxygen atoms in total. The van der Waals surface area contributed by atoms with Crippen molar-refractivity contribution in [2.24, 2.45) is 0 Å². The zero-order chi connectivity index (χ0) is 17.9. The van der Waals surface area contributed by atoms with Gasteiger partial charge in [0.2, 0.25) is 10.0 Å². The number of hydrogen-bond donors (Lipinski definition) is 1. The molecule has 1 aromatic heterocycles. The van der Waals surface area contributed by atoms with Crippen molar-refractivity contribution in [3.05, 3.63) is 77.6 Å². The molecule has 0 fully saturated rings. The van der Waals surface area contributed by atoms with Gasteiger partial charge in [-0.3, -0.25) is 0 Å². The summed E-state index contributed by atoms with van der Waals surface area (Å²) < 4.78 is 28.9. The predicted molar refractivity (Wildman–Crippen MR) is 98.4 cm³/mol. The Hall–Kier alpha value is -2.44. The lowest BCUT2D eigenvalue weighted by atomic mass is 10.1. The first-order chi connectivity index (χ1) is 12.0. The van der Waals surface area contributed by atoms with E-state index < -0.39 is 10.0 Å². The van der Waals surface area contributed by atoms with E-state index in [0.717, 1.165) is 22.6 Å². The fourth-order valence-corrected chi connectivity index (χ4v) is 3.76. The van der Waals surface area contributed by atoms with Crippen molar-refractivity contribution < 1.29 is 8.42 Å². The second kappa shape index (κ2) is 7.21. The van der Waals surface area contributed by atoms with E-state index in [1.54, 1.807) is 30.3 Å². The Morgan fingerprint density at radius 3 is 2.28 bits per heavy atom. The Morgan fingerprint density at radius 1 is 1.00 bits per heavy atom. The van der Waals surface area contributed by atoms with Gasteiger partial charge in [-0.25, -0.2) is 17.8 Å². The van der Waals surface area contributed by atoms with Gasteiger partial charge in [0.1, 0.15) is 0 Å². The number of sulfonamides is 1. The first kappa shape index (κ1) is 17.4. The minimum absolute atomic E-state index is 0.287. The van der Waals surface area contributed by atoms with Crippen LogP contribution < -0.4 is 4.72 Å². The Labute approximate surface area is 148 Å². The molecule has 0 bridgehead atoms. The predicted octanol–water partition coefficient (Wildman–Crippen LogP) is 3.01. The third kappa shape index (κ3) is 4.15. The molecule has 1 heterocycles. The molecule has 0 unspecified atom stereocenters. The van der Waals surface area contributed by atoms with Crippen molar-refractivity contribution in [3.8, 4) is 5.69 Å². The van der Waals surface area contributed by atoms with Crippen molar-refractivity contribution in [3.63, 3.8) is 0 Å². The number of nitrogens with zero attached hydrogens (tertiary/aromatic N) is 2. The van der Waals surface area contributed by atoms with E-state index in [0.29, 0.717) is 13.0 Å². The lowest BCUT2D eigenvalue weighted by molar-refractivity contribution is 0.581. The van der Waals surface area contributed by atoms with Crippen LogP contribution in [0, 0.1) is 13.8 Å². The van der Waals surface area contributed by atoms with Gasteiger partial charge in [-0.2, -0.15) is 5.10 Å². The van der Waals surface area contributed by atoms with Crippen molar-refractivity contribution in [1.29, 1.82) is 0 Å². The number of nitrogens with one attached hydrogen (secondary N) is 1. The Kier molecular flexibility index (Phi) is 5.01. The molecule has 0 spiro atoms. The molecule has 0 saturated carbocycles. The number of rotatable bonds is 6. The monoisotopic (exact) mass is 355 g/mol. The van der Waals surface area contributed by atoms with Gasteiger partial charge < -0.3 is 0 Å². The van der Waals surface area contributed by atoms with Gasteiger partial charge in [0.05, 0.1) is 16.3 Å². The summed E-state index contributed by atoms with van der Waals surface area (Å²) in [4.78, 5) is 0.287. The zero-order valence-corrected chi connectivity index (χ0v) is 15.1. The van der Waals surface area contributed by atoms with Crippen LogP contribution in [0.4, 0.5) is 0 Å². The summed E-state index contributed by atoms with van der Waals surface area (Å²) in [5.41, 5.74) is 4.14. The van der Waals surface area contributed by atoms with Crippen molar-refractivity contribution in [2.75, 3.05) is 6.54 Å². The van der Waals surface area contributed by atoms with Gasteiger partial charge in [0.15, 0.2) is 0 Å². The summed E-state index contributed by atoms with van der Waals surface area (Å²) in [6, 6.07) is 18.4. The zero-order valence-electron chi connectivity index (χ0n) is 14.3. The topological polar surface area (TPSA) is 64.0 Å². The van der Waals surface area contributed by atoms with Crippen LogP contribution in [0.15, 0.2) is 65.6 Å². The molecule has 0 aliphatic heterocycles.